The Morgan fingerprint density at radius 2 is 1.89 bits per heavy atom. The maximum Gasteiger partial charge on any atom is 0.241 e. The number of rotatable bonds is 8. The van der Waals surface area contributed by atoms with Crippen LogP contribution in [0.3, 0.4) is 0 Å². The van der Waals surface area contributed by atoms with Crippen LogP contribution in [0.15, 0.2) is 35.6 Å². The van der Waals surface area contributed by atoms with Crippen LogP contribution >= 0.6 is 0 Å². The first-order valence-electron chi connectivity index (χ1n) is 12.3. The number of alkyl halides is 1. The van der Waals surface area contributed by atoms with Gasteiger partial charge in [-0.3, -0.25) is 15.3 Å². The molecule has 0 spiro atoms. The van der Waals surface area contributed by atoms with E-state index in [1.165, 1.54) is 26.2 Å². The number of hydrogen-bond acceptors (Lipinski definition) is 10. The second-order valence-electron chi connectivity index (χ2n) is 10.4. The van der Waals surface area contributed by atoms with Gasteiger partial charge in [-0.15, -0.1) is 10.2 Å². The fourth-order valence-electron chi connectivity index (χ4n) is 4.79. The Labute approximate surface area is 217 Å². The number of H-pyrrole nitrogens is 1. The van der Waals surface area contributed by atoms with Crippen LogP contribution in [0.2, 0.25) is 0 Å². The van der Waals surface area contributed by atoms with Crippen molar-refractivity contribution in [3.63, 3.8) is 0 Å². The Balaban J connectivity index is 1.37. The molecule has 2 aliphatic carbocycles. The fourth-order valence-corrected chi connectivity index (χ4v) is 6.47. The molecule has 12 nitrogen and oxygen atoms in total. The van der Waals surface area contributed by atoms with Crippen molar-refractivity contribution in [3.05, 3.63) is 47.5 Å². The van der Waals surface area contributed by atoms with E-state index in [0.29, 0.717) is 34.4 Å². The molecule has 3 N–H and O–H groups in total. The zero-order chi connectivity index (χ0) is 26.7. The third-order valence-electron chi connectivity index (χ3n) is 6.83. The number of anilines is 1. The summed E-state index contributed by atoms with van der Waals surface area (Å²) in [6, 6.07) is 3.30. The van der Waals surface area contributed by atoms with Crippen molar-refractivity contribution in [1.29, 1.82) is 0 Å². The lowest BCUT2D eigenvalue weighted by atomic mass is 10.0. The fraction of sp³-hybridized carbons (Fsp3) is 0.417. The number of aromatic amines is 1. The zero-order valence-corrected chi connectivity index (χ0v) is 21.6. The predicted octanol–water partition coefficient (Wildman–Crippen LogP) is 2.47. The smallest absolute Gasteiger partial charge is 0.241 e. The van der Waals surface area contributed by atoms with Crippen molar-refractivity contribution in [2.24, 2.45) is 0 Å². The average molecular weight is 540 g/mol. The van der Waals surface area contributed by atoms with Crippen LogP contribution in [0.25, 0.3) is 22.4 Å². The van der Waals surface area contributed by atoms with Gasteiger partial charge in [0.15, 0.2) is 0 Å². The number of nitrogens with one attached hydrogen (secondary N) is 2. The summed E-state index contributed by atoms with van der Waals surface area (Å²) >= 11 is 0. The van der Waals surface area contributed by atoms with Crippen molar-refractivity contribution in [3.8, 4) is 11.6 Å². The van der Waals surface area contributed by atoms with Gasteiger partial charge in [-0.1, -0.05) is 0 Å². The van der Waals surface area contributed by atoms with Crippen molar-refractivity contribution < 1.29 is 18.0 Å². The van der Waals surface area contributed by atoms with E-state index in [0.717, 1.165) is 29.2 Å². The third-order valence-corrected chi connectivity index (χ3v) is 8.36. The number of tetrazole rings is 1. The van der Waals surface area contributed by atoms with Crippen LogP contribution in [0, 0.1) is 0 Å². The van der Waals surface area contributed by atoms with Gasteiger partial charge in [0.2, 0.25) is 21.7 Å². The highest BCUT2D eigenvalue weighted by molar-refractivity contribution is 7.89. The highest BCUT2D eigenvalue weighted by Gasteiger charge is 2.35. The first-order chi connectivity index (χ1) is 18.1. The topological polar surface area (TPSA) is 163 Å². The van der Waals surface area contributed by atoms with Gasteiger partial charge < -0.3 is 0 Å². The number of nitrogens with zero attached hydrogens (tertiary/aromatic N) is 7. The minimum absolute atomic E-state index is 0.123. The summed E-state index contributed by atoms with van der Waals surface area (Å²) < 4.78 is 44.0. The summed E-state index contributed by atoms with van der Waals surface area (Å²) in [5.74, 6) is 0.794. The summed E-state index contributed by atoms with van der Waals surface area (Å²) in [4.78, 5) is 13.1. The van der Waals surface area contributed by atoms with Crippen molar-refractivity contribution >= 4 is 26.5 Å². The van der Waals surface area contributed by atoms with E-state index in [4.69, 9.17) is 0 Å². The van der Waals surface area contributed by atoms with Gasteiger partial charge in [0.25, 0.3) is 0 Å². The number of pyridine rings is 1. The molecule has 4 aromatic rings. The molecule has 0 aliphatic heterocycles. The summed E-state index contributed by atoms with van der Waals surface area (Å²) in [7, 11) is -4.08. The number of sulfonamides is 1. The lowest BCUT2D eigenvalue weighted by Crippen LogP contribution is -2.36. The molecule has 3 heterocycles. The second-order valence-corrected chi connectivity index (χ2v) is 12.1. The molecule has 2 aliphatic rings. The summed E-state index contributed by atoms with van der Waals surface area (Å²) in [6.07, 6.45) is 7.26. The van der Waals surface area contributed by atoms with Gasteiger partial charge in [0.05, 0.1) is 23.3 Å². The Morgan fingerprint density at radius 3 is 2.55 bits per heavy atom. The lowest BCUT2D eigenvalue weighted by Gasteiger charge is -2.23. The molecule has 1 atom stereocenters. The largest absolute Gasteiger partial charge is 0.288 e. The van der Waals surface area contributed by atoms with E-state index < -0.39 is 21.7 Å². The molecule has 0 saturated heterocycles. The van der Waals surface area contributed by atoms with E-state index in [1.54, 1.807) is 6.20 Å². The Hall–Kier alpha value is -3.62. The number of fused-ring (bicyclic) bond motifs is 2. The van der Waals surface area contributed by atoms with Crippen LogP contribution in [0.4, 0.5) is 10.1 Å². The molecular formula is C24H26FN9O3S. The van der Waals surface area contributed by atoms with Crippen LogP contribution in [-0.2, 0) is 22.9 Å². The average Bonchev–Trinajstić information content (AvgIpc) is 3.42. The number of hydrogen-bond donors (Lipinski definition) is 3. The molecule has 14 heteroatoms. The molecule has 6 rings (SSSR count). The van der Waals surface area contributed by atoms with Crippen molar-refractivity contribution in [1.82, 2.24) is 40.3 Å². The SMILES string of the molecule is CC(C)(F)CNS(=O)(=O)c1c2c(cc3cnc(C4CC4)cc13)C[C@@H](N(O)c1cnc(-c3nn[nH]n3)nc1)C2. The molecule has 0 unspecified atom stereocenters. The second kappa shape index (κ2) is 8.99. The molecule has 0 amide bonds. The van der Waals surface area contributed by atoms with Crippen LogP contribution in [0.1, 0.15) is 49.4 Å². The Bertz CT molecular complexity index is 1600. The Morgan fingerprint density at radius 1 is 1.13 bits per heavy atom. The van der Waals surface area contributed by atoms with Crippen molar-refractivity contribution in [2.75, 3.05) is 11.6 Å². The molecule has 1 fully saturated rings. The molecule has 198 valence electrons. The van der Waals surface area contributed by atoms with Gasteiger partial charge in [-0.25, -0.2) is 27.5 Å². The first kappa shape index (κ1) is 24.7. The van der Waals surface area contributed by atoms with Crippen LogP contribution in [0.5, 0.6) is 0 Å². The van der Waals surface area contributed by atoms with E-state index in [-0.39, 0.29) is 29.5 Å². The molecular weight excluding hydrogens is 513 g/mol. The highest BCUT2D eigenvalue weighted by atomic mass is 32.2. The Kier molecular flexibility index (Phi) is 5.85. The summed E-state index contributed by atoms with van der Waals surface area (Å²) in [6.45, 7) is 2.29. The number of benzene rings is 1. The van der Waals surface area contributed by atoms with E-state index in [1.807, 2.05) is 12.1 Å². The molecule has 1 saturated carbocycles. The number of aromatic nitrogens is 7. The van der Waals surface area contributed by atoms with E-state index in [2.05, 4.69) is 40.3 Å². The van der Waals surface area contributed by atoms with Gasteiger partial charge in [-0.05, 0) is 68.0 Å². The molecule has 1 aromatic carbocycles. The molecule has 38 heavy (non-hydrogen) atoms. The zero-order valence-electron chi connectivity index (χ0n) is 20.8. The minimum Gasteiger partial charge on any atom is -0.288 e. The van der Waals surface area contributed by atoms with E-state index in [9.17, 15) is 18.0 Å². The third kappa shape index (κ3) is 4.70. The number of halogens is 1. The summed E-state index contributed by atoms with van der Waals surface area (Å²) in [5.41, 5.74) is 0.852. The minimum atomic E-state index is -4.08. The molecule has 0 bridgehead atoms. The standard InChI is InChI=1S/C24H26FN9O3S/c1-24(2,25)12-29-38(36,37)21-18-7-16(34(35)17-10-27-22(28-11-17)23-30-32-33-31-23)6-14(18)5-15-9-26-20(8-19(15)21)13-3-4-13/h5,8-11,13,16,29,35H,3-4,6-7,12H2,1-2H3,(H,30,31,32,33)/t16-/m1/s1. The van der Waals surface area contributed by atoms with Crippen LogP contribution in [-0.4, -0.2) is 67.5 Å². The van der Waals surface area contributed by atoms with Gasteiger partial charge in [-0.2, -0.15) is 5.21 Å². The van der Waals surface area contributed by atoms with Gasteiger partial charge in [0, 0.05) is 35.1 Å². The van der Waals surface area contributed by atoms with Crippen LogP contribution < -0.4 is 9.79 Å². The highest BCUT2D eigenvalue weighted by Crippen LogP contribution is 2.42. The monoisotopic (exact) mass is 539 g/mol. The number of hydroxylamine groups is 1. The van der Waals surface area contributed by atoms with Gasteiger partial charge >= 0.3 is 0 Å². The van der Waals surface area contributed by atoms with E-state index >= 15 is 0 Å². The predicted molar refractivity (Wildman–Crippen MR) is 135 cm³/mol. The maximum atomic E-state index is 14.3. The van der Waals surface area contributed by atoms with Crippen molar-refractivity contribution in [2.45, 2.75) is 62.1 Å². The normalized spacial score (nSPS) is 17.6. The molecule has 3 aromatic heterocycles. The van der Waals surface area contributed by atoms with Gasteiger partial charge in [0.1, 0.15) is 11.4 Å². The first-order valence-corrected chi connectivity index (χ1v) is 13.7. The maximum absolute atomic E-state index is 14.3. The quantitative estimate of drug-likeness (QED) is 0.284. The lowest BCUT2D eigenvalue weighted by molar-refractivity contribution is 0.217. The summed E-state index contributed by atoms with van der Waals surface area (Å²) in [5, 5.41) is 26.8. The molecule has 0 radical (unpaired) electrons.